The Bertz CT molecular complexity index is 1020. The topological polar surface area (TPSA) is 88.9 Å². The van der Waals surface area contributed by atoms with Crippen molar-refractivity contribution in [3.63, 3.8) is 0 Å². The zero-order valence-corrected chi connectivity index (χ0v) is 16.3. The normalized spacial score (nSPS) is 10.6. The molecule has 0 aliphatic heterocycles. The minimum atomic E-state index is -0.612. The van der Waals surface area contributed by atoms with Crippen molar-refractivity contribution in [2.24, 2.45) is 0 Å². The molecule has 0 saturated carbocycles. The van der Waals surface area contributed by atoms with Gasteiger partial charge < -0.3 is 10.6 Å². The molecule has 8 heteroatoms. The van der Waals surface area contributed by atoms with E-state index in [0.717, 1.165) is 11.8 Å². The number of rotatable bonds is 7. The molecular weight excluding hydrogens is 373 g/mol. The van der Waals surface area contributed by atoms with Crippen molar-refractivity contribution in [2.75, 3.05) is 11.9 Å². The first kappa shape index (κ1) is 20.2. The molecule has 29 heavy (non-hydrogen) atoms. The molecule has 0 radical (unpaired) electrons. The zero-order valence-electron chi connectivity index (χ0n) is 16.3. The number of carbonyl (C=O) groups excluding carboxylic acids is 2. The van der Waals surface area contributed by atoms with Gasteiger partial charge in [0.2, 0.25) is 0 Å². The van der Waals surface area contributed by atoms with Crippen LogP contribution in [0, 0.1) is 12.7 Å². The molecule has 0 unspecified atom stereocenters. The van der Waals surface area contributed by atoms with Gasteiger partial charge in [-0.3, -0.25) is 19.3 Å². The number of aryl methyl sites for hydroxylation is 2. The summed E-state index contributed by atoms with van der Waals surface area (Å²) in [5.74, 6) is -1.45. The van der Waals surface area contributed by atoms with E-state index in [1.54, 1.807) is 24.0 Å². The highest BCUT2D eigenvalue weighted by Gasteiger charge is 2.15. The summed E-state index contributed by atoms with van der Waals surface area (Å²) in [5.41, 5.74) is 2.16. The predicted octanol–water partition coefficient (Wildman–Crippen LogP) is 2.97. The molecule has 2 N–H and O–H groups in total. The van der Waals surface area contributed by atoms with Gasteiger partial charge in [0.05, 0.1) is 11.3 Å². The first-order chi connectivity index (χ1) is 14.0. The second-order valence-corrected chi connectivity index (χ2v) is 6.49. The lowest BCUT2D eigenvalue weighted by molar-refractivity contribution is 0.0952. The van der Waals surface area contributed by atoms with Crippen LogP contribution < -0.4 is 10.6 Å². The highest BCUT2D eigenvalue weighted by atomic mass is 19.1. The minimum Gasteiger partial charge on any atom is -0.352 e. The maximum Gasteiger partial charge on any atom is 0.259 e. The highest BCUT2D eigenvalue weighted by Crippen LogP contribution is 2.16. The van der Waals surface area contributed by atoms with Crippen molar-refractivity contribution in [3.8, 4) is 0 Å². The van der Waals surface area contributed by atoms with E-state index in [4.69, 9.17) is 0 Å². The zero-order chi connectivity index (χ0) is 20.8. The number of hydrogen-bond acceptors (Lipinski definition) is 4. The van der Waals surface area contributed by atoms with Gasteiger partial charge in [-0.25, -0.2) is 4.39 Å². The van der Waals surface area contributed by atoms with Gasteiger partial charge in [-0.05, 0) is 44.2 Å². The number of benzene rings is 1. The van der Waals surface area contributed by atoms with Crippen LogP contribution in [0.3, 0.4) is 0 Å². The number of amides is 2. The summed E-state index contributed by atoms with van der Waals surface area (Å²) in [7, 11) is 0. The van der Waals surface area contributed by atoms with Gasteiger partial charge in [-0.15, -0.1) is 0 Å². The van der Waals surface area contributed by atoms with Crippen LogP contribution in [0.2, 0.25) is 0 Å². The van der Waals surface area contributed by atoms with Crippen LogP contribution in [0.4, 0.5) is 10.1 Å². The highest BCUT2D eigenvalue weighted by molar-refractivity contribution is 6.05. The summed E-state index contributed by atoms with van der Waals surface area (Å²) in [4.78, 5) is 29.0. The minimum absolute atomic E-state index is 0.127. The Morgan fingerprint density at radius 2 is 2.00 bits per heavy atom. The van der Waals surface area contributed by atoms with Crippen LogP contribution in [0.25, 0.3) is 0 Å². The summed E-state index contributed by atoms with van der Waals surface area (Å²) in [6.45, 7) is 4.65. The van der Waals surface area contributed by atoms with Crippen LogP contribution >= 0.6 is 0 Å². The van der Waals surface area contributed by atoms with E-state index in [1.807, 2.05) is 25.1 Å². The van der Waals surface area contributed by atoms with Gasteiger partial charge in [-0.1, -0.05) is 6.07 Å². The summed E-state index contributed by atoms with van der Waals surface area (Å²) >= 11 is 0. The molecule has 7 nitrogen and oxygen atoms in total. The van der Waals surface area contributed by atoms with Crippen LogP contribution in [-0.2, 0) is 13.0 Å². The molecular formula is C21H22FN5O2. The third-order valence-electron chi connectivity index (χ3n) is 4.33. The van der Waals surface area contributed by atoms with E-state index in [-0.39, 0.29) is 11.3 Å². The smallest absolute Gasteiger partial charge is 0.259 e. The van der Waals surface area contributed by atoms with Crippen LogP contribution in [0.5, 0.6) is 0 Å². The Labute approximate surface area is 168 Å². The third kappa shape index (κ3) is 5.25. The third-order valence-corrected chi connectivity index (χ3v) is 4.33. The van der Waals surface area contributed by atoms with Crippen LogP contribution in [0.1, 0.15) is 39.0 Å². The SMILES string of the molecule is CCn1cc(C(=O)Nc2cc(F)cc(C(=O)NCCc3ccccn3)c2)c(C)n1. The van der Waals surface area contributed by atoms with E-state index >= 15 is 0 Å². The largest absolute Gasteiger partial charge is 0.352 e. The van der Waals surface area contributed by atoms with E-state index < -0.39 is 17.6 Å². The van der Waals surface area contributed by atoms with Crippen LogP contribution in [0.15, 0.2) is 48.8 Å². The predicted molar refractivity (Wildman–Crippen MR) is 107 cm³/mol. The second kappa shape index (κ2) is 9.09. The summed E-state index contributed by atoms with van der Waals surface area (Å²) in [6, 6.07) is 9.30. The number of hydrogen-bond donors (Lipinski definition) is 2. The molecule has 0 bridgehead atoms. The van der Waals surface area contributed by atoms with Gasteiger partial charge in [0.25, 0.3) is 11.8 Å². The maximum absolute atomic E-state index is 14.0. The van der Waals surface area contributed by atoms with E-state index in [1.165, 1.54) is 12.1 Å². The first-order valence-corrected chi connectivity index (χ1v) is 9.30. The number of nitrogens with one attached hydrogen (secondary N) is 2. The number of carbonyl (C=O) groups is 2. The van der Waals surface area contributed by atoms with Crippen molar-refractivity contribution in [2.45, 2.75) is 26.8 Å². The lowest BCUT2D eigenvalue weighted by Crippen LogP contribution is -2.26. The Balaban J connectivity index is 1.66. The summed E-state index contributed by atoms with van der Waals surface area (Å²) < 4.78 is 15.7. The monoisotopic (exact) mass is 395 g/mol. The van der Waals surface area contributed by atoms with E-state index in [2.05, 4.69) is 20.7 Å². The fourth-order valence-electron chi connectivity index (χ4n) is 2.85. The summed E-state index contributed by atoms with van der Waals surface area (Å²) in [6.07, 6.45) is 3.88. The molecule has 0 aliphatic rings. The summed E-state index contributed by atoms with van der Waals surface area (Å²) in [5, 5.41) is 9.59. The van der Waals surface area contributed by atoms with Crippen molar-refractivity contribution >= 4 is 17.5 Å². The van der Waals surface area contributed by atoms with Crippen molar-refractivity contribution < 1.29 is 14.0 Å². The lowest BCUT2D eigenvalue weighted by atomic mass is 10.1. The average molecular weight is 395 g/mol. The Kier molecular flexibility index (Phi) is 6.33. The van der Waals surface area contributed by atoms with Gasteiger partial charge in [-0.2, -0.15) is 5.10 Å². The number of aromatic nitrogens is 3. The molecule has 150 valence electrons. The molecule has 0 aliphatic carbocycles. The molecule has 3 aromatic rings. The van der Waals surface area contributed by atoms with Crippen LogP contribution in [-0.4, -0.2) is 33.1 Å². The lowest BCUT2D eigenvalue weighted by Gasteiger charge is -2.09. The van der Waals surface area contributed by atoms with Crippen molar-refractivity contribution in [1.29, 1.82) is 0 Å². The second-order valence-electron chi connectivity index (χ2n) is 6.49. The maximum atomic E-state index is 14.0. The van der Waals surface area contributed by atoms with Gasteiger partial charge in [0, 0.05) is 48.8 Å². The quantitative estimate of drug-likeness (QED) is 0.644. The standard InChI is InChI=1S/C21H22FN5O2/c1-3-27-13-19(14(2)26-27)21(29)25-18-11-15(10-16(22)12-18)20(28)24-9-7-17-6-4-5-8-23-17/h4-6,8,10-13H,3,7,9H2,1-2H3,(H,24,28)(H,25,29). The Hall–Kier alpha value is -3.55. The van der Waals surface area contributed by atoms with Gasteiger partial charge >= 0.3 is 0 Å². The van der Waals surface area contributed by atoms with Crippen molar-refractivity contribution in [3.05, 3.63) is 77.1 Å². The van der Waals surface area contributed by atoms with Crippen molar-refractivity contribution in [1.82, 2.24) is 20.1 Å². The molecule has 2 heterocycles. The molecule has 3 rings (SSSR count). The molecule has 2 amide bonds. The molecule has 0 atom stereocenters. The molecule has 0 fully saturated rings. The number of anilines is 1. The van der Waals surface area contributed by atoms with Gasteiger partial charge in [0.1, 0.15) is 5.82 Å². The Morgan fingerprint density at radius 1 is 1.17 bits per heavy atom. The number of halogens is 1. The fourth-order valence-corrected chi connectivity index (χ4v) is 2.85. The van der Waals surface area contributed by atoms with Gasteiger partial charge in [0.15, 0.2) is 0 Å². The molecule has 2 aromatic heterocycles. The molecule has 1 aromatic carbocycles. The first-order valence-electron chi connectivity index (χ1n) is 9.30. The van der Waals surface area contributed by atoms with E-state index in [9.17, 15) is 14.0 Å². The molecule has 0 saturated heterocycles. The number of nitrogens with zero attached hydrogens (tertiary/aromatic N) is 3. The fraction of sp³-hybridized carbons (Fsp3) is 0.238. The Morgan fingerprint density at radius 3 is 2.69 bits per heavy atom. The molecule has 0 spiro atoms. The average Bonchev–Trinajstić information content (AvgIpc) is 3.09. The number of pyridine rings is 1. The van der Waals surface area contributed by atoms with E-state index in [0.29, 0.717) is 30.8 Å².